The average molecular weight is 175 g/mol. The summed E-state index contributed by atoms with van der Waals surface area (Å²) < 4.78 is 0. The van der Waals surface area contributed by atoms with Crippen LogP contribution in [0.1, 0.15) is 12.5 Å². The summed E-state index contributed by atoms with van der Waals surface area (Å²) in [6, 6.07) is 9.96. The zero-order valence-electron chi connectivity index (χ0n) is 7.64. The van der Waals surface area contributed by atoms with Crippen molar-refractivity contribution in [1.82, 2.24) is 5.01 Å². The van der Waals surface area contributed by atoms with Crippen molar-refractivity contribution in [2.45, 2.75) is 13.5 Å². The third-order valence-corrected chi connectivity index (χ3v) is 1.64. The van der Waals surface area contributed by atoms with Crippen molar-refractivity contribution in [1.29, 1.82) is 5.53 Å². The first kappa shape index (κ1) is 9.45. The first-order valence-corrected chi connectivity index (χ1v) is 4.17. The first-order chi connectivity index (χ1) is 6.36. The van der Waals surface area contributed by atoms with Crippen LogP contribution in [0.15, 0.2) is 47.8 Å². The summed E-state index contributed by atoms with van der Waals surface area (Å²) in [5, 5.41) is 4.95. The fourth-order valence-corrected chi connectivity index (χ4v) is 1.06. The molecule has 0 aliphatic heterocycles. The maximum absolute atomic E-state index is 6.91. The Morgan fingerprint density at radius 2 is 2.08 bits per heavy atom. The number of nitrogens with zero attached hydrogens (tertiary/aromatic N) is 2. The number of hydrogen-bond donors (Lipinski definition) is 1. The molecule has 0 spiro atoms. The molecule has 1 rings (SSSR count). The summed E-state index contributed by atoms with van der Waals surface area (Å²) >= 11 is 0. The summed E-state index contributed by atoms with van der Waals surface area (Å²) in [4.78, 5) is 0. The first-order valence-electron chi connectivity index (χ1n) is 4.17. The third-order valence-electron chi connectivity index (χ3n) is 1.64. The van der Waals surface area contributed by atoms with Crippen LogP contribution in [-0.2, 0) is 6.54 Å². The lowest BCUT2D eigenvalue weighted by Gasteiger charge is -2.10. The van der Waals surface area contributed by atoms with Crippen molar-refractivity contribution >= 4 is 0 Å². The third kappa shape index (κ3) is 3.07. The molecule has 0 saturated heterocycles. The molecule has 1 N–H and O–H groups in total. The zero-order valence-corrected chi connectivity index (χ0v) is 7.64. The fourth-order valence-electron chi connectivity index (χ4n) is 1.06. The van der Waals surface area contributed by atoms with Gasteiger partial charge in [0.1, 0.15) is 0 Å². The molecule has 0 aliphatic rings. The van der Waals surface area contributed by atoms with Crippen LogP contribution in [0.3, 0.4) is 0 Å². The highest BCUT2D eigenvalue weighted by molar-refractivity contribution is 5.14. The molecule has 0 bridgehead atoms. The Balaban J connectivity index is 2.62. The van der Waals surface area contributed by atoms with Crippen LogP contribution in [0, 0.1) is 5.53 Å². The molecule has 0 unspecified atom stereocenters. The van der Waals surface area contributed by atoms with E-state index in [9.17, 15) is 0 Å². The standard InChI is InChI=1S/C10H13N3/c1-2-8-13(12-11)9-10-6-4-3-5-7-10/h2-8,11H,9H2,1H3/b8-2+,12-11?. The van der Waals surface area contributed by atoms with Gasteiger partial charge in [-0.15, -0.1) is 0 Å². The van der Waals surface area contributed by atoms with Gasteiger partial charge in [-0.25, -0.2) is 0 Å². The largest absolute Gasteiger partial charge is 0.251 e. The molecule has 3 nitrogen and oxygen atoms in total. The highest BCUT2D eigenvalue weighted by atomic mass is 15.5. The van der Waals surface area contributed by atoms with Crippen LogP contribution in [0.25, 0.3) is 0 Å². The van der Waals surface area contributed by atoms with Gasteiger partial charge in [0, 0.05) is 6.20 Å². The van der Waals surface area contributed by atoms with E-state index in [1.807, 2.05) is 43.3 Å². The molecule has 0 aliphatic carbocycles. The van der Waals surface area contributed by atoms with Crippen molar-refractivity contribution in [3.8, 4) is 0 Å². The second-order valence-corrected chi connectivity index (χ2v) is 2.67. The summed E-state index contributed by atoms with van der Waals surface area (Å²) in [6.07, 6.45) is 3.64. The summed E-state index contributed by atoms with van der Waals surface area (Å²) in [5.41, 5.74) is 8.06. The van der Waals surface area contributed by atoms with E-state index in [4.69, 9.17) is 5.53 Å². The van der Waals surface area contributed by atoms with Crippen LogP contribution in [0.4, 0.5) is 0 Å². The number of hydrogen-bond acceptors (Lipinski definition) is 2. The molecular weight excluding hydrogens is 162 g/mol. The van der Waals surface area contributed by atoms with Crippen LogP contribution in [0.5, 0.6) is 0 Å². The van der Waals surface area contributed by atoms with E-state index < -0.39 is 0 Å². The smallest absolute Gasteiger partial charge is 0.0676 e. The Morgan fingerprint density at radius 3 is 2.62 bits per heavy atom. The fraction of sp³-hybridized carbons (Fsp3) is 0.200. The van der Waals surface area contributed by atoms with E-state index in [-0.39, 0.29) is 0 Å². The predicted molar refractivity (Wildman–Crippen MR) is 51.9 cm³/mol. The molecule has 0 saturated carbocycles. The lowest BCUT2D eigenvalue weighted by molar-refractivity contribution is 0.354. The number of rotatable bonds is 4. The van der Waals surface area contributed by atoms with Gasteiger partial charge in [-0.3, -0.25) is 5.01 Å². The van der Waals surface area contributed by atoms with Gasteiger partial charge < -0.3 is 0 Å². The summed E-state index contributed by atoms with van der Waals surface area (Å²) in [7, 11) is 0. The van der Waals surface area contributed by atoms with E-state index in [1.165, 1.54) is 0 Å². The van der Waals surface area contributed by atoms with Crippen LogP contribution in [0.2, 0.25) is 0 Å². The number of allylic oxidation sites excluding steroid dienone is 1. The predicted octanol–water partition coefficient (Wildman–Crippen LogP) is 2.97. The molecule has 1 aromatic rings. The summed E-state index contributed by atoms with van der Waals surface area (Å²) in [5.74, 6) is 0. The molecule has 68 valence electrons. The Labute approximate surface area is 78.2 Å². The lowest BCUT2D eigenvalue weighted by Crippen LogP contribution is -2.07. The molecule has 13 heavy (non-hydrogen) atoms. The summed E-state index contributed by atoms with van der Waals surface area (Å²) in [6.45, 7) is 2.55. The average Bonchev–Trinajstić information content (AvgIpc) is 2.19. The van der Waals surface area contributed by atoms with Crippen molar-refractivity contribution in [2.24, 2.45) is 5.22 Å². The molecule has 0 amide bonds. The number of benzene rings is 1. The Kier molecular flexibility index (Phi) is 3.70. The monoisotopic (exact) mass is 175 g/mol. The molecule has 0 atom stereocenters. The number of nitrogens with one attached hydrogen (secondary N) is 1. The van der Waals surface area contributed by atoms with Gasteiger partial charge in [0.05, 0.1) is 6.54 Å². The molecular formula is C10H13N3. The van der Waals surface area contributed by atoms with Gasteiger partial charge in [-0.1, -0.05) is 41.6 Å². The molecule has 0 aromatic heterocycles. The normalized spacial score (nSPS) is 10.2. The zero-order chi connectivity index (χ0) is 9.52. The minimum absolute atomic E-state index is 0.648. The second kappa shape index (κ2) is 5.09. The molecule has 0 radical (unpaired) electrons. The van der Waals surface area contributed by atoms with Gasteiger partial charge in [0.25, 0.3) is 0 Å². The minimum atomic E-state index is 0.648. The van der Waals surface area contributed by atoms with E-state index >= 15 is 0 Å². The Morgan fingerprint density at radius 1 is 1.38 bits per heavy atom. The van der Waals surface area contributed by atoms with E-state index in [0.29, 0.717) is 6.54 Å². The SMILES string of the molecule is C/C=C/N(Cc1ccccc1)N=N. The highest BCUT2D eigenvalue weighted by Gasteiger charge is 1.96. The minimum Gasteiger partial charge on any atom is -0.251 e. The molecule has 3 heteroatoms. The highest BCUT2D eigenvalue weighted by Crippen LogP contribution is 2.04. The quantitative estimate of drug-likeness (QED) is 0.554. The van der Waals surface area contributed by atoms with Crippen molar-refractivity contribution in [2.75, 3.05) is 0 Å². The van der Waals surface area contributed by atoms with Gasteiger partial charge in [0.15, 0.2) is 0 Å². The topological polar surface area (TPSA) is 39.5 Å². The van der Waals surface area contributed by atoms with E-state index in [2.05, 4.69) is 5.22 Å². The molecule has 0 heterocycles. The van der Waals surface area contributed by atoms with Gasteiger partial charge in [-0.2, -0.15) is 5.53 Å². The van der Waals surface area contributed by atoms with Gasteiger partial charge in [0.2, 0.25) is 0 Å². The van der Waals surface area contributed by atoms with Crippen LogP contribution < -0.4 is 0 Å². The van der Waals surface area contributed by atoms with Crippen molar-refractivity contribution in [3.05, 3.63) is 48.2 Å². The lowest BCUT2D eigenvalue weighted by atomic mass is 10.2. The second-order valence-electron chi connectivity index (χ2n) is 2.67. The van der Waals surface area contributed by atoms with Crippen LogP contribution >= 0.6 is 0 Å². The Hall–Kier alpha value is -1.64. The van der Waals surface area contributed by atoms with E-state index in [0.717, 1.165) is 5.56 Å². The maximum atomic E-state index is 6.91. The molecule has 0 fully saturated rings. The molecule has 1 aromatic carbocycles. The van der Waals surface area contributed by atoms with Crippen LogP contribution in [-0.4, -0.2) is 5.01 Å². The van der Waals surface area contributed by atoms with Crippen molar-refractivity contribution in [3.63, 3.8) is 0 Å². The van der Waals surface area contributed by atoms with Gasteiger partial charge in [-0.05, 0) is 12.5 Å². The van der Waals surface area contributed by atoms with Gasteiger partial charge >= 0.3 is 0 Å². The maximum Gasteiger partial charge on any atom is 0.0676 e. The van der Waals surface area contributed by atoms with E-state index in [1.54, 1.807) is 11.2 Å². The van der Waals surface area contributed by atoms with Crippen molar-refractivity contribution < 1.29 is 0 Å². The Bertz CT molecular complexity index is 279.